The third-order valence-electron chi connectivity index (χ3n) is 7.41. The Hall–Kier alpha value is -3.50. The fraction of sp³-hybridized carbons (Fsp3) is 0.278. The van der Waals surface area contributed by atoms with E-state index in [1.54, 1.807) is 54.6 Å². The summed E-state index contributed by atoms with van der Waals surface area (Å²) in [6.45, 7) is 6.76. The molecule has 1 N–H and O–H groups in total. The predicted octanol–water partition coefficient (Wildman–Crippen LogP) is 7.77. The number of nitrogens with zero attached hydrogens (tertiary/aromatic N) is 2. The Kier molecular flexibility index (Phi) is 12.1. The van der Waals surface area contributed by atoms with Gasteiger partial charge in [-0.15, -0.1) is 11.8 Å². The second-order valence-corrected chi connectivity index (χ2v) is 15.7. The molecule has 11 heteroatoms. The fourth-order valence-electron chi connectivity index (χ4n) is 4.98. The zero-order valence-electron chi connectivity index (χ0n) is 27.0. The number of amides is 2. The van der Waals surface area contributed by atoms with Crippen molar-refractivity contribution < 1.29 is 18.0 Å². The molecular weight excluding hydrogens is 673 g/mol. The third-order valence-corrected chi connectivity index (χ3v) is 10.6. The molecule has 0 heterocycles. The summed E-state index contributed by atoms with van der Waals surface area (Å²) >= 11 is 14.7. The van der Waals surface area contributed by atoms with Gasteiger partial charge in [0.2, 0.25) is 11.8 Å². The number of halogens is 2. The number of nitrogens with one attached hydrogen (secondary N) is 1. The molecule has 248 valence electrons. The van der Waals surface area contributed by atoms with E-state index in [0.717, 1.165) is 20.3 Å². The number of aryl methyl sites for hydroxylation is 1. The lowest BCUT2D eigenvalue weighted by Gasteiger charge is -2.35. The van der Waals surface area contributed by atoms with Crippen molar-refractivity contribution in [1.29, 1.82) is 0 Å². The van der Waals surface area contributed by atoms with Crippen LogP contribution in [0, 0.1) is 6.92 Å². The first-order valence-corrected chi connectivity index (χ1v) is 18.4. The maximum atomic E-state index is 14.7. The molecule has 0 aliphatic heterocycles. The second kappa shape index (κ2) is 15.6. The highest BCUT2D eigenvalue weighted by Gasteiger charge is 2.36. The molecule has 1 atom stereocenters. The molecule has 4 aromatic carbocycles. The van der Waals surface area contributed by atoms with E-state index >= 15 is 0 Å². The summed E-state index contributed by atoms with van der Waals surface area (Å²) in [5.41, 5.74) is 1.90. The Labute approximate surface area is 292 Å². The zero-order valence-corrected chi connectivity index (χ0v) is 30.2. The van der Waals surface area contributed by atoms with Gasteiger partial charge in [-0.3, -0.25) is 13.9 Å². The number of anilines is 1. The Balaban J connectivity index is 1.85. The Morgan fingerprint density at radius 3 is 2.00 bits per heavy atom. The van der Waals surface area contributed by atoms with E-state index in [0.29, 0.717) is 21.3 Å². The van der Waals surface area contributed by atoms with Crippen molar-refractivity contribution in [2.75, 3.05) is 17.1 Å². The van der Waals surface area contributed by atoms with Gasteiger partial charge in [-0.2, -0.15) is 0 Å². The van der Waals surface area contributed by atoms with Gasteiger partial charge in [-0.1, -0.05) is 77.3 Å². The summed E-state index contributed by atoms with van der Waals surface area (Å²) in [6, 6.07) is 26.8. The van der Waals surface area contributed by atoms with Crippen LogP contribution < -0.4 is 9.62 Å². The minimum absolute atomic E-state index is 0.0377. The third kappa shape index (κ3) is 9.54. The SMILES string of the molecule is CSc1ccc(S(=O)(=O)N(CC(=O)N(Cc2c(Cl)cccc2Cl)[C@@H](Cc2ccccc2)C(=O)NC(C)(C)C)c2ccc(C)cc2)cc1. The maximum Gasteiger partial charge on any atom is 0.264 e. The van der Waals surface area contributed by atoms with Crippen molar-refractivity contribution in [3.63, 3.8) is 0 Å². The van der Waals surface area contributed by atoms with Crippen LogP contribution in [0.5, 0.6) is 0 Å². The average Bonchev–Trinajstić information content (AvgIpc) is 3.02. The normalized spacial score (nSPS) is 12.3. The van der Waals surface area contributed by atoms with Crippen LogP contribution >= 0.6 is 35.0 Å². The van der Waals surface area contributed by atoms with E-state index < -0.39 is 40.0 Å². The van der Waals surface area contributed by atoms with E-state index in [2.05, 4.69) is 5.32 Å². The minimum atomic E-state index is -4.22. The first kappa shape index (κ1) is 36.3. The average molecular weight is 713 g/mol. The number of hydrogen-bond donors (Lipinski definition) is 1. The van der Waals surface area contributed by atoms with Crippen LogP contribution in [0.3, 0.4) is 0 Å². The molecule has 0 radical (unpaired) electrons. The standard InChI is InChI=1S/C36H39Cl2N3O4S2/c1-25-14-16-27(17-15-25)41(47(44,45)29-20-18-28(46-5)19-21-29)24-34(42)40(23-30-31(37)12-9-13-32(30)38)33(35(43)39-36(2,3)4)22-26-10-7-6-8-11-26/h6-21,33H,22-24H2,1-5H3,(H,39,43)/t33-/m0/s1. The van der Waals surface area contributed by atoms with Gasteiger partial charge in [0.1, 0.15) is 12.6 Å². The molecule has 0 aromatic heterocycles. The number of hydrogen-bond acceptors (Lipinski definition) is 5. The zero-order chi connectivity index (χ0) is 34.4. The molecule has 47 heavy (non-hydrogen) atoms. The smallest absolute Gasteiger partial charge is 0.264 e. The fourth-order valence-corrected chi connectivity index (χ4v) is 7.31. The molecule has 0 aliphatic rings. The van der Waals surface area contributed by atoms with Gasteiger partial charge >= 0.3 is 0 Å². The van der Waals surface area contributed by atoms with Crippen molar-refractivity contribution in [2.24, 2.45) is 0 Å². The van der Waals surface area contributed by atoms with Gasteiger partial charge in [0.05, 0.1) is 10.6 Å². The summed E-state index contributed by atoms with van der Waals surface area (Å²) in [5, 5.41) is 3.66. The number of carbonyl (C=O) groups is 2. The Morgan fingerprint density at radius 1 is 0.851 bits per heavy atom. The lowest BCUT2D eigenvalue weighted by Crippen LogP contribution is -2.56. The van der Waals surface area contributed by atoms with Crippen LogP contribution in [0.4, 0.5) is 5.69 Å². The van der Waals surface area contributed by atoms with Crippen LogP contribution in [0.25, 0.3) is 0 Å². The van der Waals surface area contributed by atoms with Gasteiger partial charge in [-0.05, 0) is 88.0 Å². The first-order chi connectivity index (χ1) is 22.2. The summed E-state index contributed by atoms with van der Waals surface area (Å²) in [5.74, 6) is -0.994. The van der Waals surface area contributed by atoms with Crippen LogP contribution in [-0.4, -0.2) is 49.5 Å². The number of sulfonamides is 1. The van der Waals surface area contributed by atoms with E-state index in [1.807, 2.05) is 64.3 Å². The minimum Gasteiger partial charge on any atom is -0.350 e. The number of rotatable bonds is 12. The topological polar surface area (TPSA) is 86.8 Å². The van der Waals surface area contributed by atoms with Gasteiger partial charge in [-0.25, -0.2) is 8.42 Å². The Bertz CT molecular complexity index is 1770. The van der Waals surface area contributed by atoms with Crippen molar-refractivity contribution in [1.82, 2.24) is 10.2 Å². The quantitative estimate of drug-likeness (QED) is 0.152. The van der Waals surface area contributed by atoms with Crippen molar-refractivity contribution in [3.8, 4) is 0 Å². The molecule has 2 amide bonds. The molecule has 0 aliphatic carbocycles. The van der Waals surface area contributed by atoms with Gasteiger partial charge in [0.25, 0.3) is 10.0 Å². The van der Waals surface area contributed by atoms with E-state index in [9.17, 15) is 18.0 Å². The lowest BCUT2D eigenvalue weighted by atomic mass is 10.0. The van der Waals surface area contributed by atoms with Crippen molar-refractivity contribution in [3.05, 3.63) is 124 Å². The van der Waals surface area contributed by atoms with E-state index in [4.69, 9.17) is 23.2 Å². The highest BCUT2D eigenvalue weighted by atomic mass is 35.5. The number of carbonyl (C=O) groups excluding carboxylic acids is 2. The molecule has 0 spiro atoms. The summed E-state index contributed by atoms with van der Waals surface area (Å²) in [4.78, 5) is 31.0. The predicted molar refractivity (Wildman–Crippen MR) is 193 cm³/mol. The largest absolute Gasteiger partial charge is 0.350 e. The van der Waals surface area contributed by atoms with Crippen LogP contribution in [0.1, 0.15) is 37.5 Å². The summed E-state index contributed by atoms with van der Waals surface area (Å²) in [6.07, 6.45) is 2.08. The molecule has 7 nitrogen and oxygen atoms in total. The lowest BCUT2D eigenvalue weighted by molar-refractivity contribution is -0.140. The molecule has 0 saturated carbocycles. The van der Waals surface area contributed by atoms with Crippen LogP contribution in [0.15, 0.2) is 107 Å². The van der Waals surface area contributed by atoms with Crippen molar-refractivity contribution in [2.45, 2.75) is 62.0 Å². The number of thioether (sulfide) groups is 1. The second-order valence-electron chi connectivity index (χ2n) is 12.2. The Morgan fingerprint density at radius 2 is 1.45 bits per heavy atom. The van der Waals surface area contributed by atoms with Crippen LogP contribution in [-0.2, 0) is 32.6 Å². The van der Waals surface area contributed by atoms with E-state index in [1.165, 1.54) is 28.8 Å². The molecule has 4 rings (SSSR count). The molecule has 4 aromatic rings. The van der Waals surface area contributed by atoms with Gasteiger partial charge in [0, 0.05) is 39.0 Å². The van der Waals surface area contributed by atoms with Gasteiger partial charge in [0.15, 0.2) is 0 Å². The molecule has 0 unspecified atom stereocenters. The highest BCUT2D eigenvalue weighted by molar-refractivity contribution is 7.98. The first-order valence-electron chi connectivity index (χ1n) is 15.0. The summed E-state index contributed by atoms with van der Waals surface area (Å²) in [7, 11) is -4.22. The number of benzene rings is 4. The highest BCUT2D eigenvalue weighted by Crippen LogP contribution is 2.30. The van der Waals surface area contributed by atoms with Crippen molar-refractivity contribution >= 4 is 62.5 Å². The maximum absolute atomic E-state index is 14.7. The molecule has 0 fully saturated rings. The van der Waals surface area contributed by atoms with Crippen LogP contribution in [0.2, 0.25) is 10.0 Å². The van der Waals surface area contributed by atoms with Gasteiger partial charge < -0.3 is 10.2 Å². The summed E-state index contributed by atoms with van der Waals surface area (Å²) < 4.78 is 29.6. The molecular formula is C36H39Cl2N3O4S2. The molecule has 0 saturated heterocycles. The van der Waals surface area contributed by atoms with E-state index in [-0.39, 0.29) is 17.9 Å². The molecule has 0 bridgehead atoms. The monoisotopic (exact) mass is 711 g/mol.